The van der Waals surface area contributed by atoms with Gasteiger partial charge in [0.25, 0.3) is 5.56 Å². The van der Waals surface area contributed by atoms with Crippen molar-refractivity contribution in [1.82, 2.24) is 9.66 Å². The smallest absolute Gasteiger partial charge is 0.282 e. The Labute approximate surface area is 239 Å². The number of benzene rings is 3. The Bertz CT molecular complexity index is 1770. The second-order valence-corrected chi connectivity index (χ2v) is 11.5. The van der Waals surface area contributed by atoms with Gasteiger partial charge in [0.05, 0.1) is 34.8 Å². The van der Waals surface area contributed by atoms with Gasteiger partial charge in [-0.05, 0) is 82.4 Å². The van der Waals surface area contributed by atoms with Crippen LogP contribution in [0.4, 0.5) is 0 Å². The maximum absolute atomic E-state index is 13.6. The molecule has 0 spiro atoms. The summed E-state index contributed by atoms with van der Waals surface area (Å²) in [5.74, 6) is 1.87. The van der Waals surface area contributed by atoms with Crippen LogP contribution in [0.15, 0.2) is 79.4 Å². The topological polar surface area (TPSA) is 78.9 Å². The summed E-state index contributed by atoms with van der Waals surface area (Å²) in [6, 6.07) is 18.0. The first-order valence-electron chi connectivity index (χ1n) is 12.5. The quantitative estimate of drug-likeness (QED) is 0.175. The number of furan rings is 1. The minimum atomic E-state index is -0.320. The van der Waals surface area contributed by atoms with Crippen molar-refractivity contribution >= 4 is 55.6 Å². The van der Waals surface area contributed by atoms with Crippen LogP contribution >= 0.6 is 27.5 Å². The third-order valence-corrected chi connectivity index (χ3v) is 6.58. The van der Waals surface area contributed by atoms with E-state index in [0.717, 1.165) is 9.86 Å². The van der Waals surface area contributed by atoms with E-state index in [9.17, 15) is 4.79 Å². The molecule has 0 saturated carbocycles. The van der Waals surface area contributed by atoms with Gasteiger partial charge in [0.2, 0.25) is 5.82 Å². The molecule has 0 N–H and O–H groups in total. The lowest BCUT2D eigenvalue weighted by molar-refractivity contribution is 0.187. The van der Waals surface area contributed by atoms with Crippen LogP contribution < -0.4 is 15.0 Å². The second kappa shape index (κ2) is 10.9. The zero-order chi connectivity index (χ0) is 27.7. The van der Waals surface area contributed by atoms with Gasteiger partial charge in [0.15, 0.2) is 17.3 Å². The SMILES string of the molecule is CCOc1cc(C=Nn2c(-c3cc4cc(Cl)ccc4o3)nc3ccccc3c2=O)cc(Br)c1OCC(C)(C)C. The lowest BCUT2D eigenvalue weighted by Gasteiger charge is -2.21. The molecule has 0 unspecified atom stereocenters. The van der Waals surface area contributed by atoms with E-state index >= 15 is 0 Å². The van der Waals surface area contributed by atoms with E-state index in [4.69, 9.17) is 30.5 Å². The second-order valence-electron chi connectivity index (χ2n) is 10.2. The molecular weight excluding hydrogens is 582 g/mol. The van der Waals surface area contributed by atoms with Crippen molar-refractivity contribution in [2.24, 2.45) is 10.5 Å². The minimum absolute atomic E-state index is 0.0221. The zero-order valence-corrected chi connectivity index (χ0v) is 24.3. The highest BCUT2D eigenvalue weighted by Gasteiger charge is 2.19. The number of hydrogen-bond acceptors (Lipinski definition) is 6. The van der Waals surface area contributed by atoms with Gasteiger partial charge in [-0.1, -0.05) is 44.5 Å². The van der Waals surface area contributed by atoms with E-state index in [2.05, 4.69) is 41.8 Å². The van der Waals surface area contributed by atoms with Gasteiger partial charge in [-0.25, -0.2) is 4.98 Å². The third-order valence-electron chi connectivity index (χ3n) is 5.76. The fraction of sp³-hybridized carbons (Fsp3) is 0.233. The summed E-state index contributed by atoms with van der Waals surface area (Å²) in [6.07, 6.45) is 1.59. The first kappa shape index (κ1) is 27.0. The van der Waals surface area contributed by atoms with Crippen LogP contribution in [-0.2, 0) is 0 Å². The Kier molecular flexibility index (Phi) is 7.51. The van der Waals surface area contributed by atoms with E-state index in [-0.39, 0.29) is 16.8 Å². The molecule has 0 saturated heterocycles. The number of fused-ring (bicyclic) bond motifs is 2. The lowest BCUT2D eigenvalue weighted by atomic mass is 9.99. The summed E-state index contributed by atoms with van der Waals surface area (Å²) in [5, 5.41) is 6.39. The van der Waals surface area contributed by atoms with Crippen molar-refractivity contribution in [3.63, 3.8) is 0 Å². The minimum Gasteiger partial charge on any atom is -0.490 e. The molecule has 0 bridgehead atoms. The highest BCUT2D eigenvalue weighted by molar-refractivity contribution is 9.10. The van der Waals surface area contributed by atoms with Crippen molar-refractivity contribution < 1.29 is 13.9 Å². The Balaban J connectivity index is 1.61. The molecule has 0 atom stereocenters. The molecule has 0 radical (unpaired) electrons. The number of hydrogen-bond donors (Lipinski definition) is 0. The standard InChI is InChI=1S/C30H27BrClN3O4/c1-5-37-25-13-18(12-22(31)27(25)38-17-30(2,3)4)16-33-35-28(34-23-9-7-6-8-21(23)29(35)36)26-15-19-14-20(32)10-11-24(19)39-26/h6-16H,5,17H2,1-4H3. The van der Waals surface area contributed by atoms with E-state index in [1.807, 2.05) is 25.1 Å². The average Bonchev–Trinajstić information content (AvgIpc) is 3.30. The van der Waals surface area contributed by atoms with Crippen molar-refractivity contribution in [1.29, 1.82) is 0 Å². The maximum atomic E-state index is 13.6. The molecule has 39 heavy (non-hydrogen) atoms. The summed E-state index contributed by atoms with van der Waals surface area (Å²) < 4.78 is 20.0. The Morgan fingerprint density at radius 2 is 1.90 bits per heavy atom. The van der Waals surface area contributed by atoms with E-state index < -0.39 is 0 Å². The van der Waals surface area contributed by atoms with Crippen LogP contribution in [0.25, 0.3) is 33.5 Å². The van der Waals surface area contributed by atoms with E-state index in [0.29, 0.717) is 57.5 Å². The molecule has 0 aliphatic rings. The fourth-order valence-corrected chi connectivity index (χ4v) is 4.75. The first-order chi connectivity index (χ1) is 18.6. The monoisotopic (exact) mass is 607 g/mol. The molecule has 2 aromatic heterocycles. The molecule has 200 valence electrons. The molecule has 0 aliphatic heterocycles. The van der Waals surface area contributed by atoms with Crippen LogP contribution in [0.2, 0.25) is 5.02 Å². The van der Waals surface area contributed by atoms with Gasteiger partial charge in [-0.3, -0.25) is 4.79 Å². The summed E-state index contributed by atoms with van der Waals surface area (Å²) in [5.41, 5.74) is 1.54. The number of halogens is 2. The summed E-state index contributed by atoms with van der Waals surface area (Å²) in [6.45, 7) is 9.20. The largest absolute Gasteiger partial charge is 0.490 e. The number of ether oxygens (including phenoxy) is 2. The van der Waals surface area contributed by atoms with Crippen LogP contribution in [0.3, 0.4) is 0 Å². The van der Waals surface area contributed by atoms with Gasteiger partial charge in [0, 0.05) is 10.4 Å². The Morgan fingerprint density at radius 1 is 1.10 bits per heavy atom. The summed E-state index contributed by atoms with van der Waals surface area (Å²) in [7, 11) is 0. The van der Waals surface area contributed by atoms with Crippen LogP contribution in [0, 0.1) is 5.41 Å². The third kappa shape index (κ3) is 5.87. The highest BCUT2D eigenvalue weighted by atomic mass is 79.9. The Morgan fingerprint density at radius 3 is 2.67 bits per heavy atom. The lowest BCUT2D eigenvalue weighted by Crippen LogP contribution is -2.20. The molecule has 0 fully saturated rings. The molecule has 3 aromatic carbocycles. The molecule has 0 aliphatic carbocycles. The number of nitrogens with zero attached hydrogens (tertiary/aromatic N) is 3. The van der Waals surface area contributed by atoms with Gasteiger partial charge in [-0.2, -0.15) is 9.78 Å². The van der Waals surface area contributed by atoms with Crippen LogP contribution in [-0.4, -0.2) is 29.1 Å². The van der Waals surface area contributed by atoms with Crippen LogP contribution in [0.5, 0.6) is 11.5 Å². The molecule has 9 heteroatoms. The predicted molar refractivity (Wildman–Crippen MR) is 159 cm³/mol. The van der Waals surface area contributed by atoms with Crippen molar-refractivity contribution in [3.8, 4) is 23.1 Å². The number of para-hydroxylation sites is 1. The van der Waals surface area contributed by atoms with E-state index in [1.54, 1.807) is 48.7 Å². The number of aromatic nitrogens is 2. The van der Waals surface area contributed by atoms with Gasteiger partial charge in [-0.15, -0.1) is 0 Å². The van der Waals surface area contributed by atoms with Crippen molar-refractivity contribution in [3.05, 3.63) is 86.1 Å². The summed E-state index contributed by atoms with van der Waals surface area (Å²) >= 11 is 9.78. The van der Waals surface area contributed by atoms with E-state index in [1.165, 1.54) is 4.68 Å². The van der Waals surface area contributed by atoms with Gasteiger partial charge in [0.1, 0.15) is 5.58 Å². The normalized spacial score (nSPS) is 12.1. The maximum Gasteiger partial charge on any atom is 0.282 e. The van der Waals surface area contributed by atoms with Crippen molar-refractivity contribution in [2.75, 3.05) is 13.2 Å². The molecule has 2 heterocycles. The molecule has 5 aromatic rings. The predicted octanol–water partition coefficient (Wildman–Crippen LogP) is 7.93. The van der Waals surface area contributed by atoms with Crippen LogP contribution in [0.1, 0.15) is 33.3 Å². The molecular formula is C30H27BrClN3O4. The first-order valence-corrected chi connectivity index (χ1v) is 13.6. The summed E-state index contributed by atoms with van der Waals surface area (Å²) in [4.78, 5) is 18.3. The fourth-order valence-electron chi connectivity index (χ4n) is 3.99. The number of rotatable bonds is 7. The van der Waals surface area contributed by atoms with Crippen molar-refractivity contribution in [2.45, 2.75) is 27.7 Å². The highest BCUT2D eigenvalue weighted by Crippen LogP contribution is 2.37. The van der Waals surface area contributed by atoms with Gasteiger partial charge < -0.3 is 13.9 Å². The Hall–Kier alpha value is -3.62. The average molecular weight is 609 g/mol. The van der Waals surface area contributed by atoms with Gasteiger partial charge >= 0.3 is 0 Å². The molecule has 5 rings (SSSR count). The molecule has 7 nitrogen and oxygen atoms in total. The zero-order valence-electron chi connectivity index (χ0n) is 22.0. The molecule has 0 amide bonds.